The van der Waals surface area contributed by atoms with Crippen molar-refractivity contribution in [3.8, 4) is 0 Å². The summed E-state index contributed by atoms with van der Waals surface area (Å²) in [6.45, 7) is 4.19. The highest BCUT2D eigenvalue weighted by Crippen LogP contribution is 2.16. The number of hydrogen-bond donors (Lipinski definition) is 1. The van der Waals surface area contributed by atoms with Gasteiger partial charge in [0.1, 0.15) is 6.17 Å². The molecule has 1 aliphatic heterocycles. The monoisotopic (exact) mass is 364 g/mol. The van der Waals surface area contributed by atoms with Gasteiger partial charge in [-0.05, 0) is 38.5 Å². The van der Waals surface area contributed by atoms with E-state index in [1.54, 1.807) is 0 Å². The minimum atomic E-state index is 0.245. The van der Waals surface area contributed by atoms with Crippen molar-refractivity contribution in [2.75, 3.05) is 19.7 Å². The lowest BCUT2D eigenvalue weighted by Crippen LogP contribution is -2.32. The number of aliphatic imine (C=N–C) groups is 1. The molecule has 1 heterocycles. The van der Waals surface area contributed by atoms with Crippen molar-refractivity contribution in [3.05, 3.63) is 12.2 Å². The van der Waals surface area contributed by atoms with Crippen LogP contribution < -0.4 is 0 Å². The van der Waals surface area contributed by atoms with Crippen LogP contribution in [-0.4, -0.2) is 42.1 Å². The van der Waals surface area contributed by atoms with E-state index in [9.17, 15) is 0 Å². The van der Waals surface area contributed by atoms with Crippen molar-refractivity contribution in [1.29, 1.82) is 0 Å². The molecular weight excluding hydrogens is 320 g/mol. The van der Waals surface area contributed by atoms with E-state index in [2.05, 4.69) is 29.0 Å². The molecule has 0 bridgehead atoms. The Morgan fingerprint density at radius 2 is 1.46 bits per heavy atom. The van der Waals surface area contributed by atoms with Crippen molar-refractivity contribution >= 4 is 6.21 Å². The SMILES string of the molecule is CCCCC/C=C/CCCCCCCCCCCC1N=CCN1CCO. The molecular formula is C23H44N2O. The minimum Gasteiger partial charge on any atom is -0.395 e. The molecule has 1 aliphatic rings. The van der Waals surface area contributed by atoms with Crippen LogP contribution in [0.5, 0.6) is 0 Å². The second-order valence-corrected chi connectivity index (χ2v) is 7.76. The number of nitrogens with zero attached hydrogens (tertiary/aromatic N) is 2. The lowest BCUT2D eigenvalue weighted by atomic mass is 10.0. The van der Waals surface area contributed by atoms with Crippen molar-refractivity contribution in [2.24, 2.45) is 4.99 Å². The quantitative estimate of drug-likeness (QED) is 0.235. The zero-order valence-corrected chi connectivity index (χ0v) is 17.4. The van der Waals surface area contributed by atoms with Gasteiger partial charge in [0, 0.05) is 19.3 Å². The average Bonchev–Trinajstić information content (AvgIpc) is 3.09. The first-order valence-corrected chi connectivity index (χ1v) is 11.4. The third kappa shape index (κ3) is 12.6. The number of β-amino-alcohol motifs (C(OH)–C–C–N with tert-alkyl or cyclic N) is 1. The van der Waals surface area contributed by atoms with Gasteiger partial charge in [-0.15, -0.1) is 0 Å². The van der Waals surface area contributed by atoms with Crippen LogP contribution >= 0.6 is 0 Å². The van der Waals surface area contributed by atoms with E-state index in [0.717, 1.165) is 19.5 Å². The number of unbranched alkanes of at least 4 members (excludes halogenated alkanes) is 12. The molecule has 0 amide bonds. The Morgan fingerprint density at radius 1 is 0.885 bits per heavy atom. The van der Waals surface area contributed by atoms with Gasteiger partial charge in [0.25, 0.3) is 0 Å². The predicted molar refractivity (Wildman–Crippen MR) is 115 cm³/mol. The molecule has 1 N–H and O–H groups in total. The molecule has 1 atom stereocenters. The fraction of sp³-hybridized carbons (Fsp3) is 0.870. The topological polar surface area (TPSA) is 35.8 Å². The summed E-state index contributed by atoms with van der Waals surface area (Å²) >= 11 is 0. The van der Waals surface area contributed by atoms with Gasteiger partial charge >= 0.3 is 0 Å². The van der Waals surface area contributed by atoms with E-state index in [0.29, 0.717) is 6.17 Å². The second kappa shape index (κ2) is 17.7. The van der Waals surface area contributed by atoms with E-state index < -0.39 is 0 Å². The minimum absolute atomic E-state index is 0.245. The van der Waals surface area contributed by atoms with Gasteiger partial charge in [-0.3, -0.25) is 9.89 Å². The van der Waals surface area contributed by atoms with Crippen molar-refractivity contribution in [2.45, 2.75) is 109 Å². The maximum atomic E-state index is 9.06. The normalized spacial score (nSPS) is 17.7. The van der Waals surface area contributed by atoms with Gasteiger partial charge < -0.3 is 5.11 Å². The van der Waals surface area contributed by atoms with Crippen molar-refractivity contribution < 1.29 is 5.11 Å². The molecule has 26 heavy (non-hydrogen) atoms. The van der Waals surface area contributed by atoms with Crippen LogP contribution in [0, 0.1) is 0 Å². The highest BCUT2D eigenvalue weighted by molar-refractivity contribution is 5.62. The van der Waals surface area contributed by atoms with Crippen molar-refractivity contribution in [1.82, 2.24) is 4.90 Å². The summed E-state index contributed by atoms with van der Waals surface area (Å²) in [6.07, 6.45) is 27.3. The molecule has 0 fully saturated rings. The summed E-state index contributed by atoms with van der Waals surface area (Å²) in [5.41, 5.74) is 0. The number of aliphatic hydroxyl groups excluding tert-OH is 1. The van der Waals surface area contributed by atoms with Gasteiger partial charge in [-0.1, -0.05) is 76.9 Å². The van der Waals surface area contributed by atoms with Gasteiger partial charge in [0.05, 0.1) is 6.61 Å². The predicted octanol–water partition coefficient (Wildman–Crippen LogP) is 6.12. The van der Waals surface area contributed by atoms with E-state index in [4.69, 9.17) is 5.11 Å². The van der Waals surface area contributed by atoms with Gasteiger partial charge in [-0.25, -0.2) is 0 Å². The second-order valence-electron chi connectivity index (χ2n) is 7.76. The standard InChI is InChI=1S/C23H44N2O/c1-2-3-4-5-6-7-8-9-10-11-12-13-14-15-16-17-18-23-24-19-20-25(23)21-22-26/h6-7,19,23,26H,2-5,8-18,20-22H2,1H3/b7-6+. The van der Waals surface area contributed by atoms with Crippen LogP contribution in [-0.2, 0) is 0 Å². The summed E-state index contributed by atoms with van der Waals surface area (Å²) in [6, 6.07) is 0. The lowest BCUT2D eigenvalue weighted by Gasteiger charge is -2.21. The Labute approximate surface area is 163 Å². The molecule has 0 radical (unpaired) electrons. The van der Waals surface area contributed by atoms with E-state index in [1.807, 2.05) is 6.21 Å². The Morgan fingerprint density at radius 3 is 2.08 bits per heavy atom. The first-order chi connectivity index (χ1) is 12.9. The van der Waals surface area contributed by atoms with Crippen LogP contribution in [0.15, 0.2) is 17.1 Å². The fourth-order valence-electron chi connectivity index (χ4n) is 3.69. The van der Waals surface area contributed by atoms with Crippen LogP contribution in [0.4, 0.5) is 0 Å². The van der Waals surface area contributed by atoms with Crippen LogP contribution in [0.3, 0.4) is 0 Å². The third-order valence-electron chi connectivity index (χ3n) is 5.38. The van der Waals surface area contributed by atoms with E-state index >= 15 is 0 Å². The average molecular weight is 365 g/mol. The number of allylic oxidation sites excluding steroid dienone is 2. The zero-order valence-electron chi connectivity index (χ0n) is 17.4. The summed E-state index contributed by atoms with van der Waals surface area (Å²) in [4.78, 5) is 6.81. The van der Waals surface area contributed by atoms with Crippen LogP contribution in [0.25, 0.3) is 0 Å². The van der Waals surface area contributed by atoms with Crippen LogP contribution in [0.2, 0.25) is 0 Å². The Kier molecular flexibility index (Phi) is 15.9. The van der Waals surface area contributed by atoms with Gasteiger partial charge in [-0.2, -0.15) is 0 Å². The molecule has 0 saturated heterocycles. The summed E-state index contributed by atoms with van der Waals surface area (Å²) in [5.74, 6) is 0. The number of aliphatic hydroxyl groups is 1. The smallest absolute Gasteiger partial charge is 0.102 e. The highest BCUT2D eigenvalue weighted by atomic mass is 16.3. The molecule has 0 aromatic carbocycles. The fourth-order valence-corrected chi connectivity index (χ4v) is 3.69. The number of rotatable bonds is 18. The van der Waals surface area contributed by atoms with E-state index in [-0.39, 0.29) is 6.61 Å². The molecule has 3 nitrogen and oxygen atoms in total. The highest BCUT2D eigenvalue weighted by Gasteiger charge is 2.19. The lowest BCUT2D eigenvalue weighted by molar-refractivity contribution is 0.176. The Balaban J connectivity index is 1.78. The Hall–Kier alpha value is -0.670. The molecule has 0 spiro atoms. The maximum Gasteiger partial charge on any atom is 0.102 e. The molecule has 3 heteroatoms. The molecule has 1 rings (SSSR count). The molecule has 0 saturated carbocycles. The molecule has 0 aromatic heterocycles. The first-order valence-electron chi connectivity index (χ1n) is 11.4. The Bertz CT molecular complexity index is 354. The number of hydrogen-bond acceptors (Lipinski definition) is 3. The first kappa shape index (κ1) is 23.4. The third-order valence-corrected chi connectivity index (χ3v) is 5.38. The molecule has 0 aromatic rings. The van der Waals surface area contributed by atoms with Crippen molar-refractivity contribution in [3.63, 3.8) is 0 Å². The van der Waals surface area contributed by atoms with Gasteiger partial charge in [0.15, 0.2) is 0 Å². The van der Waals surface area contributed by atoms with Gasteiger partial charge in [0.2, 0.25) is 0 Å². The largest absolute Gasteiger partial charge is 0.395 e. The molecule has 0 aliphatic carbocycles. The van der Waals surface area contributed by atoms with E-state index in [1.165, 1.54) is 89.9 Å². The molecule has 1 unspecified atom stereocenters. The van der Waals surface area contributed by atoms with Crippen LogP contribution in [0.1, 0.15) is 103 Å². The maximum absolute atomic E-state index is 9.06. The molecule has 152 valence electrons. The summed E-state index contributed by atoms with van der Waals surface area (Å²) < 4.78 is 0. The summed E-state index contributed by atoms with van der Waals surface area (Å²) in [7, 11) is 0. The zero-order chi connectivity index (χ0) is 18.7. The summed E-state index contributed by atoms with van der Waals surface area (Å²) in [5, 5.41) is 9.06.